The summed E-state index contributed by atoms with van der Waals surface area (Å²) in [6, 6.07) is 14.0. The summed E-state index contributed by atoms with van der Waals surface area (Å²) in [6.45, 7) is 4.09. The molecule has 0 spiro atoms. The minimum Gasteiger partial charge on any atom is -0.367 e. The Kier molecular flexibility index (Phi) is 5.39. The van der Waals surface area contributed by atoms with E-state index in [0.29, 0.717) is 4.88 Å². The molecule has 0 saturated heterocycles. The topological polar surface area (TPSA) is 111 Å². The lowest BCUT2D eigenvalue weighted by Crippen LogP contribution is -2.36. The number of carbonyl (C=O) groups is 1. The number of guanidine groups is 1. The van der Waals surface area contributed by atoms with Crippen LogP contribution in [-0.2, 0) is 14.4 Å². The summed E-state index contributed by atoms with van der Waals surface area (Å²) in [6.07, 6.45) is 0.826. The fourth-order valence-corrected chi connectivity index (χ4v) is 3.94. The standard InChI is InChI=1S/C19H19N3O4S2/c1-11-7-8-12(2)14(9-11)13-5-4-6-16-15(13)10-17(27-16)18(23)21-19(20)22-26-28(3,24)25/h4-10H,1-3H3,(H3,20,21,22,23). The van der Waals surface area contributed by atoms with Crippen LogP contribution in [0.2, 0.25) is 0 Å². The Balaban J connectivity index is 1.95. The second-order valence-corrected chi connectivity index (χ2v) is 9.00. The predicted molar refractivity (Wildman–Crippen MR) is 112 cm³/mol. The normalized spacial score (nSPS) is 12.2. The monoisotopic (exact) mass is 417 g/mol. The highest BCUT2D eigenvalue weighted by Crippen LogP contribution is 2.35. The van der Waals surface area contributed by atoms with Crippen LogP contribution in [0.3, 0.4) is 0 Å². The van der Waals surface area contributed by atoms with Crippen LogP contribution in [0, 0.1) is 13.8 Å². The molecule has 0 aliphatic carbocycles. The number of nitrogens with two attached hydrogens (primary N) is 1. The average Bonchev–Trinajstić information content (AvgIpc) is 3.06. The van der Waals surface area contributed by atoms with E-state index in [0.717, 1.165) is 38.6 Å². The summed E-state index contributed by atoms with van der Waals surface area (Å²) in [5.41, 5.74) is 9.95. The SMILES string of the molecule is Cc1ccc(C)c(-c2cccc3sc(C(=O)NC(N)=NOS(C)(=O)=O)cc23)c1. The summed E-state index contributed by atoms with van der Waals surface area (Å²) >= 11 is 1.31. The van der Waals surface area contributed by atoms with E-state index in [-0.39, 0.29) is 0 Å². The van der Waals surface area contributed by atoms with Crippen molar-refractivity contribution in [1.82, 2.24) is 5.32 Å². The number of benzene rings is 2. The summed E-state index contributed by atoms with van der Waals surface area (Å²) in [4.78, 5) is 12.9. The Hall–Kier alpha value is -2.91. The van der Waals surface area contributed by atoms with Crippen molar-refractivity contribution >= 4 is 43.4 Å². The van der Waals surface area contributed by atoms with Gasteiger partial charge in [-0.3, -0.25) is 14.4 Å². The van der Waals surface area contributed by atoms with Gasteiger partial charge in [0.05, 0.1) is 11.1 Å². The maximum Gasteiger partial charge on any atom is 0.325 e. The molecule has 1 heterocycles. The predicted octanol–water partition coefficient (Wildman–Crippen LogP) is 3.12. The quantitative estimate of drug-likeness (QED) is 0.385. The summed E-state index contributed by atoms with van der Waals surface area (Å²) in [5.74, 6) is -0.936. The Morgan fingerprint density at radius 2 is 1.89 bits per heavy atom. The molecule has 0 bridgehead atoms. The molecule has 0 unspecified atom stereocenters. The minimum atomic E-state index is -3.80. The summed E-state index contributed by atoms with van der Waals surface area (Å²) < 4.78 is 27.0. The van der Waals surface area contributed by atoms with Gasteiger partial charge in [0, 0.05) is 10.1 Å². The molecule has 1 amide bonds. The molecule has 3 rings (SSSR count). The van der Waals surface area contributed by atoms with Crippen molar-refractivity contribution in [1.29, 1.82) is 0 Å². The number of fused-ring (bicyclic) bond motifs is 1. The van der Waals surface area contributed by atoms with Crippen molar-refractivity contribution in [3.05, 3.63) is 58.5 Å². The third-order valence-electron chi connectivity index (χ3n) is 3.98. The van der Waals surface area contributed by atoms with Crippen LogP contribution >= 0.6 is 11.3 Å². The fourth-order valence-electron chi connectivity index (χ4n) is 2.74. The van der Waals surface area contributed by atoms with Gasteiger partial charge in [-0.15, -0.1) is 11.3 Å². The molecule has 3 aromatic rings. The highest BCUT2D eigenvalue weighted by Gasteiger charge is 2.15. The van der Waals surface area contributed by atoms with E-state index >= 15 is 0 Å². The van der Waals surface area contributed by atoms with Gasteiger partial charge in [0.2, 0.25) is 5.96 Å². The number of rotatable bonds is 4. The van der Waals surface area contributed by atoms with E-state index in [2.05, 4.69) is 33.0 Å². The number of amides is 1. The summed E-state index contributed by atoms with van der Waals surface area (Å²) in [7, 11) is -3.80. The molecular formula is C19H19N3O4S2. The Bertz CT molecular complexity index is 1200. The van der Waals surface area contributed by atoms with Gasteiger partial charge in [-0.05, 0) is 47.8 Å². The molecule has 9 heteroatoms. The molecule has 0 fully saturated rings. The molecule has 0 atom stereocenters. The molecular weight excluding hydrogens is 398 g/mol. The Morgan fingerprint density at radius 1 is 1.14 bits per heavy atom. The molecule has 28 heavy (non-hydrogen) atoms. The first-order valence-corrected chi connectivity index (χ1v) is 10.9. The molecule has 146 valence electrons. The maximum atomic E-state index is 12.5. The maximum absolute atomic E-state index is 12.5. The second kappa shape index (κ2) is 7.61. The molecule has 1 aromatic heterocycles. The van der Waals surface area contributed by atoms with Gasteiger partial charge >= 0.3 is 10.1 Å². The minimum absolute atomic E-state index is 0.422. The van der Waals surface area contributed by atoms with Gasteiger partial charge in [0.25, 0.3) is 5.91 Å². The first-order valence-electron chi connectivity index (χ1n) is 8.27. The molecule has 0 radical (unpaired) electrons. The van der Waals surface area contributed by atoms with E-state index < -0.39 is 22.0 Å². The molecule has 0 aliphatic rings. The van der Waals surface area contributed by atoms with Crippen LogP contribution < -0.4 is 11.1 Å². The zero-order valence-electron chi connectivity index (χ0n) is 15.5. The van der Waals surface area contributed by atoms with Gasteiger partial charge in [-0.2, -0.15) is 8.42 Å². The van der Waals surface area contributed by atoms with Gasteiger partial charge in [-0.25, -0.2) is 0 Å². The van der Waals surface area contributed by atoms with Crippen molar-refractivity contribution in [2.75, 3.05) is 6.26 Å². The zero-order chi connectivity index (χ0) is 20.5. The molecule has 7 nitrogen and oxygen atoms in total. The molecule has 2 aromatic carbocycles. The molecule has 0 saturated carbocycles. The van der Waals surface area contributed by atoms with E-state index in [1.807, 2.05) is 32.0 Å². The number of nitrogens with one attached hydrogen (secondary N) is 1. The third kappa shape index (κ3) is 4.49. The van der Waals surface area contributed by atoms with Crippen LogP contribution in [-0.4, -0.2) is 26.5 Å². The Labute approximate surface area is 166 Å². The number of aryl methyl sites for hydroxylation is 2. The van der Waals surface area contributed by atoms with E-state index in [1.165, 1.54) is 11.3 Å². The molecule has 0 aliphatic heterocycles. The first-order chi connectivity index (χ1) is 13.1. The van der Waals surface area contributed by atoms with Crippen molar-refractivity contribution in [3.8, 4) is 11.1 Å². The van der Waals surface area contributed by atoms with E-state index in [9.17, 15) is 13.2 Å². The molecule has 3 N–H and O–H groups in total. The van der Waals surface area contributed by atoms with Crippen molar-refractivity contribution in [3.63, 3.8) is 0 Å². The lowest BCUT2D eigenvalue weighted by molar-refractivity contribution is 0.0979. The highest BCUT2D eigenvalue weighted by atomic mass is 32.2. The number of hydrogen-bond donors (Lipinski definition) is 2. The van der Waals surface area contributed by atoms with Crippen LogP contribution in [0.4, 0.5) is 0 Å². The van der Waals surface area contributed by atoms with Crippen molar-refractivity contribution < 1.29 is 17.5 Å². The van der Waals surface area contributed by atoms with Crippen molar-refractivity contribution in [2.24, 2.45) is 10.9 Å². The van der Waals surface area contributed by atoms with E-state index in [1.54, 1.807) is 6.07 Å². The second-order valence-electron chi connectivity index (χ2n) is 6.36. The van der Waals surface area contributed by atoms with Crippen LogP contribution in [0.25, 0.3) is 21.2 Å². The average molecular weight is 418 g/mol. The van der Waals surface area contributed by atoms with Crippen LogP contribution in [0.1, 0.15) is 20.8 Å². The number of carbonyl (C=O) groups excluding carboxylic acids is 1. The van der Waals surface area contributed by atoms with Crippen LogP contribution in [0.5, 0.6) is 0 Å². The van der Waals surface area contributed by atoms with Gasteiger partial charge in [0.1, 0.15) is 0 Å². The zero-order valence-corrected chi connectivity index (χ0v) is 17.1. The van der Waals surface area contributed by atoms with Gasteiger partial charge in [-0.1, -0.05) is 35.9 Å². The number of oxime groups is 1. The largest absolute Gasteiger partial charge is 0.367 e. The van der Waals surface area contributed by atoms with Gasteiger partial charge in [0.15, 0.2) is 0 Å². The first kappa shape index (κ1) is 19.8. The lowest BCUT2D eigenvalue weighted by atomic mass is 9.96. The number of nitrogens with zero attached hydrogens (tertiary/aromatic N) is 1. The van der Waals surface area contributed by atoms with Crippen LogP contribution in [0.15, 0.2) is 47.6 Å². The number of hydrogen-bond acceptors (Lipinski definition) is 6. The Morgan fingerprint density at radius 3 is 2.61 bits per heavy atom. The van der Waals surface area contributed by atoms with Crippen molar-refractivity contribution in [2.45, 2.75) is 13.8 Å². The summed E-state index contributed by atoms with van der Waals surface area (Å²) in [5, 5.41) is 6.45. The lowest BCUT2D eigenvalue weighted by Gasteiger charge is -2.08. The van der Waals surface area contributed by atoms with Gasteiger partial charge < -0.3 is 5.73 Å². The fraction of sp³-hybridized carbons (Fsp3) is 0.158. The smallest absolute Gasteiger partial charge is 0.325 e. The van der Waals surface area contributed by atoms with E-state index in [4.69, 9.17) is 5.73 Å². The third-order valence-corrected chi connectivity index (χ3v) is 5.43. The number of thiophene rings is 1. The highest BCUT2D eigenvalue weighted by molar-refractivity contribution is 7.85.